The molecular formula is C19H17N3O4S. The van der Waals surface area contributed by atoms with Gasteiger partial charge in [-0.2, -0.15) is 0 Å². The van der Waals surface area contributed by atoms with Crippen LogP contribution in [0.15, 0.2) is 53.7 Å². The van der Waals surface area contributed by atoms with E-state index in [1.807, 2.05) is 41.9 Å². The second-order valence-corrected chi connectivity index (χ2v) is 7.00. The van der Waals surface area contributed by atoms with E-state index in [4.69, 9.17) is 14.6 Å². The lowest BCUT2D eigenvalue weighted by atomic mass is 10.1. The number of rotatable bonds is 5. The van der Waals surface area contributed by atoms with E-state index in [0.29, 0.717) is 23.9 Å². The molecule has 8 heteroatoms. The number of aromatic carboxylic acids is 1. The van der Waals surface area contributed by atoms with Gasteiger partial charge in [0.2, 0.25) is 0 Å². The van der Waals surface area contributed by atoms with Gasteiger partial charge in [0.15, 0.2) is 28.6 Å². The SMILES string of the molecule is Cn1c(SCc2cccc(C(=O)O)c2)nnc1[C@@H]1COc2ccccc2O1. The molecule has 1 aromatic heterocycles. The summed E-state index contributed by atoms with van der Waals surface area (Å²) in [5.41, 5.74) is 1.19. The van der Waals surface area contributed by atoms with Crippen LogP contribution < -0.4 is 9.47 Å². The third-order valence-electron chi connectivity index (χ3n) is 4.21. The van der Waals surface area contributed by atoms with Crippen molar-refractivity contribution in [2.24, 2.45) is 7.05 Å². The van der Waals surface area contributed by atoms with E-state index in [0.717, 1.165) is 16.5 Å². The molecule has 0 aliphatic carbocycles. The molecule has 1 aliphatic heterocycles. The Morgan fingerprint density at radius 1 is 1.22 bits per heavy atom. The molecule has 0 amide bonds. The normalized spacial score (nSPS) is 15.5. The van der Waals surface area contributed by atoms with Crippen LogP contribution >= 0.6 is 11.8 Å². The van der Waals surface area contributed by atoms with E-state index in [9.17, 15) is 4.79 Å². The van der Waals surface area contributed by atoms with E-state index in [1.165, 1.54) is 11.8 Å². The summed E-state index contributed by atoms with van der Waals surface area (Å²) in [6.07, 6.45) is -0.331. The van der Waals surface area contributed by atoms with Gasteiger partial charge in [-0.05, 0) is 29.8 Å². The van der Waals surface area contributed by atoms with Crippen LogP contribution in [0.1, 0.15) is 27.8 Å². The Hall–Kier alpha value is -3.00. The van der Waals surface area contributed by atoms with E-state index < -0.39 is 5.97 Å². The summed E-state index contributed by atoms with van der Waals surface area (Å²) in [4.78, 5) is 11.1. The van der Waals surface area contributed by atoms with Crippen molar-refractivity contribution in [3.63, 3.8) is 0 Å². The molecule has 0 unspecified atom stereocenters. The first-order chi connectivity index (χ1) is 13.1. The summed E-state index contributed by atoms with van der Waals surface area (Å²) in [5.74, 6) is 1.77. The number of thioether (sulfide) groups is 1. The Morgan fingerprint density at radius 3 is 2.85 bits per heavy atom. The number of ether oxygens (including phenoxy) is 2. The van der Waals surface area contributed by atoms with Gasteiger partial charge in [-0.15, -0.1) is 10.2 Å². The smallest absolute Gasteiger partial charge is 0.335 e. The highest BCUT2D eigenvalue weighted by molar-refractivity contribution is 7.98. The molecule has 1 aliphatic rings. The van der Waals surface area contributed by atoms with Crippen molar-refractivity contribution < 1.29 is 19.4 Å². The highest BCUT2D eigenvalue weighted by atomic mass is 32.2. The topological polar surface area (TPSA) is 86.5 Å². The van der Waals surface area contributed by atoms with Crippen LogP contribution in [0.3, 0.4) is 0 Å². The number of benzene rings is 2. The van der Waals surface area contributed by atoms with Crippen molar-refractivity contribution in [2.75, 3.05) is 6.61 Å². The van der Waals surface area contributed by atoms with Crippen LogP contribution in [0.4, 0.5) is 0 Å². The average Bonchev–Trinajstić information content (AvgIpc) is 3.06. The number of para-hydroxylation sites is 2. The van der Waals surface area contributed by atoms with Crippen LogP contribution in [-0.2, 0) is 12.8 Å². The maximum absolute atomic E-state index is 11.1. The minimum absolute atomic E-state index is 0.276. The summed E-state index contributed by atoms with van der Waals surface area (Å²) in [7, 11) is 1.88. The van der Waals surface area contributed by atoms with Crippen LogP contribution in [0.2, 0.25) is 0 Å². The van der Waals surface area contributed by atoms with Crippen LogP contribution in [0.5, 0.6) is 11.5 Å². The van der Waals surface area contributed by atoms with Crippen molar-refractivity contribution in [2.45, 2.75) is 17.0 Å². The summed E-state index contributed by atoms with van der Waals surface area (Å²) < 4.78 is 13.6. The minimum atomic E-state index is -0.933. The standard InChI is InChI=1S/C19H17N3O4S/c1-22-17(16-10-25-14-7-2-3-8-15(14)26-16)20-21-19(22)27-11-12-5-4-6-13(9-12)18(23)24/h2-9,16H,10-11H2,1H3,(H,23,24)/t16-/m0/s1. The Bertz CT molecular complexity index is 989. The Labute approximate surface area is 159 Å². The van der Waals surface area contributed by atoms with Gasteiger partial charge in [0.1, 0.15) is 6.61 Å². The fourth-order valence-electron chi connectivity index (χ4n) is 2.82. The molecule has 2 aromatic carbocycles. The monoisotopic (exact) mass is 383 g/mol. The number of carboxylic acid groups (broad SMARTS) is 1. The van der Waals surface area contributed by atoms with Gasteiger partial charge in [-0.3, -0.25) is 0 Å². The second kappa shape index (κ2) is 7.32. The molecule has 7 nitrogen and oxygen atoms in total. The number of fused-ring (bicyclic) bond motifs is 1. The first-order valence-corrected chi connectivity index (χ1v) is 9.33. The van der Waals surface area contributed by atoms with Gasteiger partial charge >= 0.3 is 5.97 Å². The van der Waals surface area contributed by atoms with Gasteiger partial charge in [-0.25, -0.2) is 4.79 Å². The zero-order valence-corrected chi connectivity index (χ0v) is 15.3. The predicted octanol–water partition coefficient (Wildman–Crippen LogP) is 3.32. The number of hydrogen-bond acceptors (Lipinski definition) is 6. The third kappa shape index (κ3) is 3.61. The Balaban J connectivity index is 1.47. The lowest BCUT2D eigenvalue weighted by Crippen LogP contribution is -2.24. The van der Waals surface area contributed by atoms with Crippen molar-refractivity contribution in [1.82, 2.24) is 14.8 Å². The molecular weight excluding hydrogens is 366 g/mol. The van der Waals surface area contributed by atoms with E-state index in [1.54, 1.807) is 18.2 Å². The molecule has 0 saturated heterocycles. The molecule has 27 heavy (non-hydrogen) atoms. The van der Waals surface area contributed by atoms with Crippen LogP contribution in [-0.4, -0.2) is 32.4 Å². The summed E-state index contributed by atoms with van der Waals surface area (Å²) >= 11 is 1.49. The predicted molar refractivity (Wildman–Crippen MR) is 99.3 cm³/mol. The lowest BCUT2D eigenvalue weighted by molar-refractivity contribution is 0.0696. The van der Waals surface area contributed by atoms with Gasteiger partial charge in [0.05, 0.1) is 5.56 Å². The summed E-state index contributed by atoms with van der Waals surface area (Å²) in [6.45, 7) is 0.369. The number of nitrogens with zero attached hydrogens (tertiary/aromatic N) is 3. The molecule has 1 N–H and O–H groups in total. The fraction of sp³-hybridized carbons (Fsp3) is 0.211. The highest BCUT2D eigenvalue weighted by Crippen LogP contribution is 2.36. The van der Waals surface area contributed by atoms with Crippen molar-refractivity contribution >= 4 is 17.7 Å². The Kier molecular flexibility index (Phi) is 4.72. The highest BCUT2D eigenvalue weighted by Gasteiger charge is 2.27. The molecule has 138 valence electrons. The zero-order valence-electron chi connectivity index (χ0n) is 14.5. The molecule has 0 saturated carbocycles. The molecule has 2 heterocycles. The average molecular weight is 383 g/mol. The number of hydrogen-bond donors (Lipinski definition) is 1. The van der Waals surface area contributed by atoms with Crippen molar-refractivity contribution in [3.8, 4) is 11.5 Å². The van der Waals surface area contributed by atoms with E-state index in [2.05, 4.69) is 10.2 Å². The molecule has 3 aromatic rings. The second-order valence-electron chi connectivity index (χ2n) is 6.06. The van der Waals surface area contributed by atoms with Crippen LogP contribution in [0, 0.1) is 0 Å². The Morgan fingerprint density at radius 2 is 2.04 bits per heavy atom. The van der Waals surface area contributed by atoms with Crippen molar-refractivity contribution in [1.29, 1.82) is 0 Å². The van der Waals surface area contributed by atoms with Gasteiger partial charge in [0, 0.05) is 12.8 Å². The quantitative estimate of drug-likeness (QED) is 0.676. The molecule has 0 bridgehead atoms. The van der Waals surface area contributed by atoms with Crippen molar-refractivity contribution in [3.05, 3.63) is 65.5 Å². The number of aromatic nitrogens is 3. The van der Waals surface area contributed by atoms with Gasteiger partial charge < -0.3 is 19.1 Å². The maximum Gasteiger partial charge on any atom is 0.335 e. The van der Waals surface area contributed by atoms with Gasteiger partial charge in [-0.1, -0.05) is 36.0 Å². The first kappa shape index (κ1) is 17.4. The zero-order chi connectivity index (χ0) is 18.8. The fourth-order valence-corrected chi connectivity index (χ4v) is 3.68. The molecule has 4 rings (SSSR count). The summed E-state index contributed by atoms with van der Waals surface area (Å²) in [5, 5.41) is 18.3. The third-order valence-corrected chi connectivity index (χ3v) is 5.30. The molecule has 0 fully saturated rings. The number of carbonyl (C=O) groups is 1. The van der Waals surface area contributed by atoms with E-state index >= 15 is 0 Å². The molecule has 1 atom stereocenters. The first-order valence-electron chi connectivity index (χ1n) is 8.34. The maximum atomic E-state index is 11.1. The largest absolute Gasteiger partial charge is 0.485 e. The van der Waals surface area contributed by atoms with Gasteiger partial charge in [0.25, 0.3) is 0 Å². The van der Waals surface area contributed by atoms with Crippen LogP contribution in [0.25, 0.3) is 0 Å². The molecule has 0 spiro atoms. The lowest BCUT2D eigenvalue weighted by Gasteiger charge is -2.25. The summed E-state index contributed by atoms with van der Waals surface area (Å²) in [6, 6.07) is 14.4. The number of carboxylic acids is 1. The van der Waals surface area contributed by atoms with E-state index in [-0.39, 0.29) is 11.7 Å². The minimum Gasteiger partial charge on any atom is -0.485 e. The molecule has 0 radical (unpaired) electrons.